The summed E-state index contributed by atoms with van der Waals surface area (Å²) in [5.74, 6) is -0.934. The van der Waals surface area contributed by atoms with Crippen molar-refractivity contribution in [3.05, 3.63) is 29.3 Å². The molecule has 12 heteroatoms. The lowest BCUT2D eigenvalue weighted by Crippen LogP contribution is -2.60. The van der Waals surface area contributed by atoms with Gasteiger partial charge in [0.05, 0.1) is 17.7 Å². The number of aliphatic hydroxyl groups is 4. The fourth-order valence-corrected chi connectivity index (χ4v) is 2.29. The van der Waals surface area contributed by atoms with Crippen LogP contribution in [-0.4, -0.2) is 57.7 Å². The van der Waals surface area contributed by atoms with Crippen LogP contribution in [0.15, 0.2) is 18.2 Å². The minimum Gasteiger partial charge on any atom is -0.462 e. The Labute approximate surface area is 142 Å². The largest absolute Gasteiger partial charge is 0.462 e. The second-order valence-corrected chi connectivity index (χ2v) is 5.56. The fraction of sp³-hybridized carbons (Fsp3) is 0.571. The van der Waals surface area contributed by atoms with Crippen LogP contribution in [0.25, 0.3) is 0 Å². The van der Waals surface area contributed by atoms with Crippen molar-refractivity contribution in [3.63, 3.8) is 0 Å². The molecule has 5 atom stereocenters. The van der Waals surface area contributed by atoms with Crippen molar-refractivity contribution in [2.24, 2.45) is 0 Å². The molecule has 0 radical (unpaired) electrons. The van der Waals surface area contributed by atoms with E-state index in [2.05, 4.69) is 0 Å². The summed E-state index contributed by atoms with van der Waals surface area (Å²) < 4.78 is 86.6. The zero-order chi connectivity index (χ0) is 19.9. The van der Waals surface area contributed by atoms with Gasteiger partial charge in [-0.15, -0.1) is 0 Å². The molecular formula is C14H14F6O6. The van der Waals surface area contributed by atoms with E-state index < -0.39 is 66.5 Å². The highest BCUT2D eigenvalue weighted by Crippen LogP contribution is 2.38. The Morgan fingerprint density at radius 2 is 1.35 bits per heavy atom. The van der Waals surface area contributed by atoms with Gasteiger partial charge in [0.15, 0.2) is 0 Å². The molecule has 0 saturated carbocycles. The first-order chi connectivity index (χ1) is 11.8. The second-order valence-electron chi connectivity index (χ2n) is 5.56. The summed E-state index contributed by atoms with van der Waals surface area (Å²) in [6.07, 6.45) is -19.2. The SMILES string of the molecule is OCC1OC(Oc2cc(C(F)(F)F)cc(C(F)(F)F)c2)C(O)C(O)C1O. The van der Waals surface area contributed by atoms with Crippen LogP contribution >= 0.6 is 0 Å². The molecule has 1 aliphatic heterocycles. The summed E-state index contributed by atoms with van der Waals surface area (Å²) in [4.78, 5) is 0. The van der Waals surface area contributed by atoms with E-state index in [9.17, 15) is 41.7 Å². The second kappa shape index (κ2) is 7.19. The molecule has 1 fully saturated rings. The van der Waals surface area contributed by atoms with Crippen LogP contribution in [0.4, 0.5) is 26.3 Å². The monoisotopic (exact) mass is 392 g/mol. The zero-order valence-corrected chi connectivity index (χ0v) is 12.7. The lowest BCUT2D eigenvalue weighted by molar-refractivity contribution is -0.277. The maximum atomic E-state index is 12.8. The van der Waals surface area contributed by atoms with E-state index in [-0.39, 0.29) is 18.2 Å². The number of alkyl halides is 6. The summed E-state index contributed by atoms with van der Waals surface area (Å²) >= 11 is 0. The molecular weight excluding hydrogens is 378 g/mol. The highest BCUT2D eigenvalue weighted by molar-refractivity contribution is 5.37. The lowest BCUT2D eigenvalue weighted by atomic mass is 9.99. The Kier molecular flexibility index (Phi) is 5.73. The average molecular weight is 392 g/mol. The van der Waals surface area contributed by atoms with Gasteiger partial charge in [0.2, 0.25) is 6.29 Å². The zero-order valence-electron chi connectivity index (χ0n) is 12.7. The average Bonchev–Trinajstić information content (AvgIpc) is 2.53. The van der Waals surface area contributed by atoms with Crippen molar-refractivity contribution in [2.45, 2.75) is 43.1 Å². The molecule has 26 heavy (non-hydrogen) atoms. The highest BCUT2D eigenvalue weighted by Gasteiger charge is 2.45. The van der Waals surface area contributed by atoms with Gasteiger partial charge in [-0.05, 0) is 18.2 Å². The van der Waals surface area contributed by atoms with Crippen LogP contribution in [0, 0.1) is 0 Å². The molecule has 4 N–H and O–H groups in total. The predicted molar refractivity (Wildman–Crippen MR) is 70.8 cm³/mol. The summed E-state index contributed by atoms with van der Waals surface area (Å²) in [5, 5.41) is 38.0. The quantitative estimate of drug-likeness (QED) is 0.571. The predicted octanol–water partition coefficient (Wildman–Crippen LogP) is 0.903. The molecule has 6 nitrogen and oxygen atoms in total. The highest BCUT2D eigenvalue weighted by atomic mass is 19.4. The smallest absolute Gasteiger partial charge is 0.416 e. The van der Waals surface area contributed by atoms with E-state index in [1.807, 2.05) is 0 Å². The maximum absolute atomic E-state index is 12.8. The first kappa shape index (κ1) is 20.7. The third kappa shape index (κ3) is 4.38. The van der Waals surface area contributed by atoms with Gasteiger partial charge < -0.3 is 29.9 Å². The number of rotatable bonds is 3. The van der Waals surface area contributed by atoms with Crippen LogP contribution in [0.5, 0.6) is 5.75 Å². The topological polar surface area (TPSA) is 99.4 Å². The number of hydrogen-bond acceptors (Lipinski definition) is 6. The van der Waals surface area contributed by atoms with E-state index in [0.717, 1.165) is 0 Å². The molecule has 1 aromatic rings. The molecule has 5 unspecified atom stereocenters. The number of aliphatic hydroxyl groups excluding tert-OH is 4. The van der Waals surface area contributed by atoms with Gasteiger partial charge in [0, 0.05) is 0 Å². The maximum Gasteiger partial charge on any atom is 0.416 e. The Morgan fingerprint density at radius 1 is 0.846 bits per heavy atom. The number of benzene rings is 1. The van der Waals surface area contributed by atoms with Crippen LogP contribution in [0.1, 0.15) is 11.1 Å². The Balaban J connectivity index is 2.36. The summed E-state index contributed by atoms with van der Waals surface area (Å²) in [7, 11) is 0. The summed E-state index contributed by atoms with van der Waals surface area (Å²) in [5.41, 5.74) is -3.29. The minimum absolute atomic E-state index is 0.111. The normalized spacial score (nSPS) is 30.3. The van der Waals surface area contributed by atoms with Crippen molar-refractivity contribution in [2.75, 3.05) is 6.61 Å². The molecule has 0 aliphatic carbocycles. The van der Waals surface area contributed by atoms with Crippen molar-refractivity contribution < 1.29 is 56.2 Å². The van der Waals surface area contributed by atoms with Gasteiger partial charge in [0.25, 0.3) is 0 Å². The lowest BCUT2D eigenvalue weighted by Gasteiger charge is -2.39. The van der Waals surface area contributed by atoms with Crippen LogP contribution in [0.2, 0.25) is 0 Å². The standard InChI is InChI=1S/C14H14F6O6/c15-13(16,17)5-1-6(14(18,19)20)3-7(2-5)25-12-11(24)10(23)9(22)8(4-21)26-12/h1-3,8-12,21-24H,4H2. The fourth-order valence-electron chi connectivity index (χ4n) is 2.29. The molecule has 1 aliphatic rings. The van der Waals surface area contributed by atoms with Gasteiger partial charge >= 0.3 is 12.4 Å². The molecule has 0 bridgehead atoms. The third-order valence-corrected chi connectivity index (χ3v) is 3.66. The molecule has 148 valence electrons. The third-order valence-electron chi connectivity index (χ3n) is 3.66. The van der Waals surface area contributed by atoms with Gasteiger partial charge in [0.1, 0.15) is 30.2 Å². The van der Waals surface area contributed by atoms with Crippen molar-refractivity contribution >= 4 is 0 Å². The molecule has 1 aromatic carbocycles. The number of hydrogen-bond donors (Lipinski definition) is 4. The molecule has 2 rings (SSSR count). The van der Waals surface area contributed by atoms with E-state index >= 15 is 0 Å². The van der Waals surface area contributed by atoms with Gasteiger partial charge in [-0.2, -0.15) is 26.3 Å². The van der Waals surface area contributed by atoms with E-state index in [4.69, 9.17) is 14.6 Å². The van der Waals surface area contributed by atoms with E-state index in [1.54, 1.807) is 0 Å². The van der Waals surface area contributed by atoms with E-state index in [0.29, 0.717) is 0 Å². The van der Waals surface area contributed by atoms with Crippen molar-refractivity contribution in [3.8, 4) is 5.75 Å². The van der Waals surface area contributed by atoms with Crippen LogP contribution < -0.4 is 4.74 Å². The number of halogens is 6. The molecule has 0 aromatic heterocycles. The van der Waals surface area contributed by atoms with Gasteiger partial charge in [-0.1, -0.05) is 0 Å². The Bertz CT molecular complexity index is 599. The molecule has 0 amide bonds. The summed E-state index contributed by atoms with van der Waals surface area (Å²) in [6.45, 7) is -0.846. The van der Waals surface area contributed by atoms with Gasteiger partial charge in [-0.3, -0.25) is 0 Å². The molecule has 1 heterocycles. The molecule has 1 saturated heterocycles. The summed E-state index contributed by atoms with van der Waals surface area (Å²) in [6, 6.07) is 0.410. The van der Waals surface area contributed by atoms with Crippen LogP contribution in [0.3, 0.4) is 0 Å². The first-order valence-electron chi connectivity index (χ1n) is 7.11. The van der Waals surface area contributed by atoms with E-state index in [1.165, 1.54) is 0 Å². The minimum atomic E-state index is -5.10. The Hall–Kier alpha value is -1.60. The Morgan fingerprint density at radius 3 is 1.77 bits per heavy atom. The van der Waals surface area contributed by atoms with Crippen molar-refractivity contribution in [1.82, 2.24) is 0 Å². The molecule has 0 spiro atoms. The van der Waals surface area contributed by atoms with Gasteiger partial charge in [-0.25, -0.2) is 0 Å². The number of ether oxygens (including phenoxy) is 2. The van der Waals surface area contributed by atoms with Crippen molar-refractivity contribution in [1.29, 1.82) is 0 Å². The van der Waals surface area contributed by atoms with Crippen LogP contribution in [-0.2, 0) is 17.1 Å². The first-order valence-corrected chi connectivity index (χ1v) is 7.11.